The molecule has 0 rings (SSSR count). The second-order valence-electron chi connectivity index (χ2n) is 0.955. The van der Waals surface area contributed by atoms with Crippen molar-refractivity contribution in [1.82, 2.24) is 0 Å². The first-order chi connectivity index (χ1) is 2.77. The van der Waals surface area contributed by atoms with E-state index in [2.05, 4.69) is 0 Å². The van der Waals surface area contributed by atoms with Gasteiger partial charge in [0.05, 0.1) is 0 Å². The largest absolute Gasteiger partial charge is 0.412 e. The van der Waals surface area contributed by atoms with Gasteiger partial charge in [-0.3, -0.25) is 0 Å². The van der Waals surface area contributed by atoms with Crippen molar-refractivity contribution in [3.05, 3.63) is 0 Å². The van der Waals surface area contributed by atoms with Gasteiger partial charge in [0.1, 0.15) is 0 Å². The molecule has 0 aromatic carbocycles. The number of rotatable bonds is 2. The minimum Gasteiger partial charge on any atom is -0.412 e. The molecule has 0 spiro atoms. The van der Waals surface area contributed by atoms with E-state index in [1.54, 1.807) is 34.5 Å². The van der Waals surface area contributed by atoms with Gasteiger partial charge in [-0.15, -0.1) is 0 Å². The summed E-state index contributed by atoms with van der Waals surface area (Å²) >= 11 is 1.58. The zero-order chi connectivity index (χ0) is 4.99. The Labute approximate surface area is 56.5 Å². The SMILES string of the molecule is CC(=O)C[S][Re].O. The monoisotopic (exact) mass is 294 g/mol. The average Bonchev–Trinajstić information content (AvgIpc) is 1.35. The first kappa shape index (κ1) is 10.6. The number of ketones is 1. The van der Waals surface area contributed by atoms with Crippen LogP contribution in [0.2, 0.25) is 0 Å². The molecule has 0 bridgehead atoms. The van der Waals surface area contributed by atoms with Gasteiger partial charge < -0.3 is 5.48 Å². The molecular formula is C3H7O2ReS. The number of carbonyl (C=O) groups is 1. The Morgan fingerprint density at radius 2 is 2.29 bits per heavy atom. The van der Waals surface area contributed by atoms with Gasteiger partial charge in [0.15, 0.2) is 0 Å². The van der Waals surface area contributed by atoms with Crippen LogP contribution < -0.4 is 0 Å². The number of hydrogen-bond acceptors (Lipinski definition) is 2. The van der Waals surface area contributed by atoms with E-state index >= 15 is 0 Å². The van der Waals surface area contributed by atoms with Gasteiger partial charge in [0.2, 0.25) is 0 Å². The van der Waals surface area contributed by atoms with Crippen LogP contribution >= 0.6 is 9.58 Å². The van der Waals surface area contributed by atoms with Crippen LogP contribution in [0, 0.1) is 0 Å². The molecule has 2 N–H and O–H groups in total. The predicted octanol–water partition coefficient (Wildman–Crippen LogP) is -0.0543. The molecular weight excluding hydrogens is 286 g/mol. The summed E-state index contributed by atoms with van der Waals surface area (Å²) in [5.74, 6) is 0.944. The third-order valence-electron chi connectivity index (χ3n) is 0.258. The van der Waals surface area contributed by atoms with Crippen LogP contribution in [0.4, 0.5) is 0 Å². The molecule has 0 aliphatic rings. The van der Waals surface area contributed by atoms with E-state index in [9.17, 15) is 4.79 Å². The molecule has 0 fully saturated rings. The van der Waals surface area contributed by atoms with Gasteiger partial charge in [-0.05, 0) is 0 Å². The van der Waals surface area contributed by atoms with Crippen molar-refractivity contribution >= 4 is 15.4 Å². The van der Waals surface area contributed by atoms with E-state index in [1.807, 2.05) is 0 Å². The average molecular weight is 293 g/mol. The van der Waals surface area contributed by atoms with Crippen LogP contribution in [0.5, 0.6) is 0 Å². The molecule has 0 saturated carbocycles. The van der Waals surface area contributed by atoms with Gasteiger partial charge in [0.25, 0.3) is 0 Å². The van der Waals surface area contributed by atoms with Crippen LogP contribution in [-0.4, -0.2) is 17.0 Å². The summed E-state index contributed by atoms with van der Waals surface area (Å²) in [5, 5.41) is 0. The fourth-order valence-corrected chi connectivity index (χ4v) is 1.89. The van der Waals surface area contributed by atoms with Crippen molar-refractivity contribution in [3.8, 4) is 0 Å². The van der Waals surface area contributed by atoms with Crippen LogP contribution in [0.3, 0.4) is 0 Å². The predicted molar refractivity (Wildman–Crippen MR) is 26.8 cm³/mol. The minimum atomic E-state index is 0. The molecule has 0 aliphatic carbocycles. The summed E-state index contributed by atoms with van der Waals surface area (Å²) in [5.41, 5.74) is 0. The molecule has 4 heteroatoms. The first-order valence-electron chi connectivity index (χ1n) is 1.50. The maximum atomic E-state index is 10.0. The summed E-state index contributed by atoms with van der Waals surface area (Å²) in [6, 6.07) is 0. The molecule has 0 saturated heterocycles. The molecule has 0 aromatic heterocycles. The molecule has 7 heavy (non-hydrogen) atoms. The second-order valence-corrected chi connectivity index (χ2v) is 3.81. The Bertz CT molecular complexity index is 56.9. The number of Topliss-reactive ketones (excluding diaryl/α,β-unsaturated/α-hetero) is 1. The van der Waals surface area contributed by atoms with Gasteiger partial charge in [0, 0.05) is 0 Å². The number of carbonyl (C=O) groups excluding carboxylic acids is 1. The van der Waals surface area contributed by atoms with Crippen molar-refractivity contribution in [3.63, 3.8) is 0 Å². The summed E-state index contributed by atoms with van der Waals surface area (Å²) in [4.78, 5) is 10.0. The third-order valence-corrected chi connectivity index (χ3v) is 1.95. The Morgan fingerprint density at radius 3 is 2.29 bits per heavy atom. The van der Waals surface area contributed by atoms with Crippen LogP contribution in [0.15, 0.2) is 0 Å². The topological polar surface area (TPSA) is 48.6 Å². The van der Waals surface area contributed by atoms with E-state index in [1.165, 1.54) is 0 Å². The molecule has 0 aliphatic heterocycles. The van der Waals surface area contributed by atoms with E-state index in [-0.39, 0.29) is 11.3 Å². The fraction of sp³-hybridized carbons (Fsp3) is 0.667. The van der Waals surface area contributed by atoms with Crippen LogP contribution in [0.1, 0.15) is 6.92 Å². The van der Waals surface area contributed by atoms with Gasteiger partial charge in [-0.2, -0.15) is 0 Å². The zero-order valence-electron chi connectivity index (χ0n) is 3.90. The quantitative estimate of drug-likeness (QED) is 0.716. The van der Waals surface area contributed by atoms with Crippen molar-refractivity contribution in [1.29, 1.82) is 0 Å². The Kier molecular flexibility index (Phi) is 10.1. The normalized spacial score (nSPS) is 7.14. The van der Waals surface area contributed by atoms with Crippen molar-refractivity contribution in [2.24, 2.45) is 0 Å². The molecule has 0 unspecified atom stereocenters. The molecule has 2 nitrogen and oxygen atoms in total. The maximum absolute atomic E-state index is 10.0. The molecule has 44 valence electrons. The van der Waals surface area contributed by atoms with Crippen molar-refractivity contribution in [2.75, 3.05) is 5.75 Å². The van der Waals surface area contributed by atoms with Crippen molar-refractivity contribution < 1.29 is 28.2 Å². The molecule has 0 amide bonds. The zero-order valence-corrected chi connectivity index (χ0v) is 7.43. The molecule has 0 heterocycles. The van der Waals surface area contributed by atoms with E-state index in [0.29, 0.717) is 5.75 Å². The van der Waals surface area contributed by atoms with Crippen LogP contribution in [-0.2, 0) is 22.7 Å². The van der Waals surface area contributed by atoms with E-state index in [4.69, 9.17) is 0 Å². The number of hydrogen-bond donors (Lipinski definition) is 0. The Balaban J connectivity index is 0. The fourth-order valence-electron chi connectivity index (χ4n) is 0.0768. The first-order valence-corrected chi connectivity index (χ1v) is 5.71. The van der Waals surface area contributed by atoms with Crippen LogP contribution in [0.25, 0.3) is 0 Å². The standard InChI is InChI=1S/C3H6OS.H2O.Re/c1-3(4)2-5;;/h5H,2H2,1H3;1H2;/q;;+1/p-1. The summed E-state index contributed by atoms with van der Waals surface area (Å²) in [7, 11) is 1.62. The molecule has 0 radical (unpaired) electrons. The third kappa shape index (κ3) is 10.8. The van der Waals surface area contributed by atoms with Gasteiger partial charge >= 0.3 is 50.8 Å². The van der Waals surface area contributed by atoms with Gasteiger partial charge in [-0.25, -0.2) is 0 Å². The van der Waals surface area contributed by atoms with Gasteiger partial charge in [-0.1, -0.05) is 0 Å². The molecule has 0 atom stereocenters. The Hall–Kier alpha value is 0.642. The maximum Gasteiger partial charge on any atom is -0.412 e. The minimum absolute atomic E-state index is 0. The molecule has 0 aromatic rings. The Morgan fingerprint density at radius 1 is 1.86 bits per heavy atom. The van der Waals surface area contributed by atoms with E-state index in [0.717, 1.165) is 0 Å². The summed E-state index contributed by atoms with van der Waals surface area (Å²) in [6.07, 6.45) is 0. The smallest absolute Gasteiger partial charge is 0.412 e. The van der Waals surface area contributed by atoms with Crippen molar-refractivity contribution in [2.45, 2.75) is 6.92 Å². The summed E-state index contributed by atoms with van der Waals surface area (Å²) < 4.78 is 0. The summed E-state index contributed by atoms with van der Waals surface area (Å²) in [6.45, 7) is 1.60. The van der Waals surface area contributed by atoms with E-state index < -0.39 is 0 Å². The second kappa shape index (κ2) is 6.64.